The summed E-state index contributed by atoms with van der Waals surface area (Å²) in [4.78, 5) is 18.9. The molecular weight excluding hydrogens is 356 g/mol. The minimum atomic E-state index is 0.262. The van der Waals surface area contributed by atoms with Crippen molar-refractivity contribution < 1.29 is 4.79 Å². The fraction of sp³-hybridized carbons (Fsp3) is 0.429. The lowest BCUT2D eigenvalue weighted by Crippen LogP contribution is -2.40. The normalized spacial score (nSPS) is 17.4. The highest BCUT2D eigenvalue weighted by molar-refractivity contribution is 7.07. The Labute approximate surface area is 165 Å². The van der Waals surface area contributed by atoms with Gasteiger partial charge >= 0.3 is 0 Å². The van der Waals surface area contributed by atoms with Crippen molar-refractivity contribution in [3.63, 3.8) is 0 Å². The fourth-order valence-corrected chi connectivity index (χ4v) is 3.91. The molecule has 1 unspecified atom stereocenters. The highest BCUT2D eigenvalue weighted by Crippen LogP contribution is 2.17. The van der Waals surface area contributed by atoms with Crippen molar-refractivity contribution in [2.24, 2.45) is 10.9 Å². The van der Waals surface area contributed by atoms with Crippen LogP contribution in [0.2, 0.25) is 0 Å². The van der Waals surface area contributed by atoms with E-state index in [0.29, 0.717) is 18.9 Å². The average Bonchev–Trinajstić information content (AvgIpc) is 3.33. The Morgan fingerprint density at radius 1 is 1.22 bits per heavy atom. The summed E-state index contributed by atoms with van der Waals surface area (Å²) in [5.74, 6) is 1.41. The van der Waals surface area contributed by atoms with Gasteiger partial charge in [0.1, 0.15) is 0 Å². The van der Waals surface area contributed by atoms with Crippen molar-refractivity contribution in [3.05, 3.63) is 58.3 Å². The second kappa shape index (κ2) is 10.1. The fourth-order valence-electron chi connectivity index (χ4n) is 3.25. The van der Waals surface area contributed by atoms with Gasteiger partial charge in [0.05, 0.1) is 6.54 Å². The molecule has 144 valence electrons. The van der Waals surface area contributed by atoms with E-state index < -0.39 is 0 Å². The summed E-state index contributed by atoms with van der Waals surface area (Å²) < 4.78 is 0. The maximum Gasteiger partial charge on any atom is 0.223 e. The molecule has 0 aliphatic carbocycles. The zero-order chi connectivity index (χ0) is 18.9. The number of amides is 1. The number of carbonyl (C=O) groups excluding carboxylic acids is 1. The number of thiophene rings is 1. The Morgan fingerprint density at radius 3 is 2.81 bits per heavy atom. The molecule has 0 spiro atoms. The van der Waals surface area contributed by atoms with Gasteiger partial charge in [0.25, 0.3) is 0 Å². The maximum absolute atomic E-state index is 12.3. The predicted octanol–water partition coefficient (Wildman–Crippen LogP) is 2.89. The van der Waals surface area contributed by atoms with Crippen LogP contribution in [-0.4, -0.2) is 42.9 Å². The number of aliphatic imine (C=N–C) groups is 1. The van der Waals surface area contributed by atoms with Gasteiger partial charge in [-0.2, -0.15) is 11.3 Å². The molecule has 2 heterocycles. The Morgan fingerprint density at radius 2 is 2.07 bits per heavy atom. The van der Waals surface area contributed by atoms with Gasteiger partial charge in [0.2, 0.25) is 5.91 Å². The van der Waals surface area contributed by atoms with E-state index in [9.17, 15) is 4.79 Å². The van der Waals surface area contributed by atoms with Gasteiger partial charge in [-0.15, -0.1) is 0 Å². The van der Waals surface area contributed by atoms with E-state index in [2.05, 4.69) is 51.5 Å². The molecule has 6 heteroatoms. The Hall–Kier alpha value is -2.34. The molecule has 0 saturated carbocycles. The summed E-state index contributed by atoms with van der Waals surface area (Å²) in [5.41, 5.74) is 2.50. The first kappa shape index (κ1) is 19.4. The van der Waals surface area contributed by atoms with Gasteiger partial charge in [-0.1, -0.05) is 30.3 Å². The average molecular weight is 385 g/mol. The Balaban J connectivity index is 1.45. The molecule has 2 aromatic rings. The first-order chi connectivity index (χ1) is 13.2. The van der Waals surface area contributed by atoms with E-state index in [4.69, 9.17) is 0 Å². The van der Waals surface area contributed by atoms with E-state index >= 15 is 0 Å². The number of nitrogens with one attached hydrogen (secondary N) is 2. The van der Waals surface area contributed by atoms with Crippen LogP contribution >= 0.6 is 11.3 Å². The molecule has 1 aliphatic heterocycles. The van der Waals surface area contributed by atoms with Gasteiger partial charge < -0.3 is 15.5 Å². The van der Waals surface area contributed by atoms with Crippen molar-refractivity contribution in [1.82, 2.24) is 15.5 Å². The third-order valence-corrected chi connectivity index (χ3v) is 5.44. The summed E-state index contributed by atoms with van der Waals surface area (Å²) in [6, 6.07) is 12.4. The zero-order valence-electron chi connectivity index (χ0n) is 15.9. The van der Waals surface area contributed by atoms with Crippen LogP contribution in [0.5, 0.6) is 0 Å². The highest BCUT2D eigenvalue weighted by atomic mass is 32.1. The van der Waals surface area contributed by atoms with Gasteiger partial charge in [0, 0.05) is 38.5 Å². The molecule has 0 bridgehead atoms. The predicted molar refractivity (Wildman–Crippen MR) is 112 cm³/mol. The smallest absolute Gasteiger partial charge is 0.223 e. The number of rotatable bonds is 8. The number of nitrogens with zero attached hydrogens (tertiary/aromatic N) is 2. The molecule has 3 rings (SSSR count). The number of guanidine groups is 1. The molecule has 1 aromatic heterocycles. The van der Waals surface area contributed by atoms with Crippen LogP contribution in [0.4, 0.5) is 0 Å². The van der Waals surface area contributed by atoms with E-state index in [-0.39, 0.29) is 5.91 Å². The molecule has 27 heavy (non-hydrogen) atoms. The Kier molecular flexibility index (Phi) is 7.27. The van der Waals surface area contributed by atoms with Crippen molar-refractivity contribution >= 4 is 23.2 Å². The first-order valence-electron chi connectivity index (χ1n) is 9.59. The summed E-state index contributed by atoms with van der Waals surface area (Å²) >= 11 is 1.69. The minimum Gasteiger partial charge on any atom is -0.357 e. The van der Waals surface area contributed by atoms with E-state index in [0.717, 1.165) is 38.6 Å². The number of carbonyl (C=O) groups is 1. The summed E-state index contributed by atoms with van der Waals surface area (Å²) in [7, 11) is 0. The van der Waals surface area contributed by atoms with Gasteiger partial charge in [-0.3, -0.25) is 4.79 Å². The van der Waals surface area contributed by atoms with E-state index in [1.807, 2.05) is 23.1 Å². The standard InChI is InChI=1S/C21H28N4OS/c1-2-22-21(23-13-18-9-11-27-16-18)24-14-19-12-20(26)25(15-19)10-8-17-6-4-3-5-7-17/h3-7,9,11,16,19H,2,8,10,12-15H2,1H3,(H2,22,23,24). The molecule has 0 radical (unpaired) electrons. The summed E-state index contributed by atoms with van der Waals surface area (Å²) in [5, 5.41) is 10.9. The number of benzene rings is 1. The van der Waals surface area contributed by atoms with E-state index in [1.54, 1.807) is 11.3 Å². The first-order valence-corrected chi connectivity index (χ1v) is 10.5. The molecule has 2 N–H and O–H groups in total. The lowest BCUT2D eigenvalue weighted by Gasteiger charge is -2.18. The largest absolute Gasteiger partial charge is 0.357 e. The van der Waals surface area contributed by atoms with E-state index in [1.165, 1.54) is 11.1 Å². The second-order valence-electron chi connectivity index (χ2n) is 6.85. The van der Waals surface area contributed by atoms with Crippen molar-refractivity contribution in [1.29, 1.82) is 0 Å². The molecule has 1 fully saturated rings. The second-order valence-corrected chi connectivity index (χ2v) is 7.63. The zero-order valence-corrected chi connectivity index (χ0v) is 16.7. The maximum atomic E-state index is 12.3. The quantitative estimate of drug-likeness (QED) is 0.544. The number of hydrogen-bond donors (Lipinski definition) is 2. The molecule has 1 aromatic carbocycles. The van der Waals surface area contributed by atoms with Gasteiger partial charge in [0.15, 0.2) is 5.96 Å². The van der Waals surface area contributed by atoms with Crippen LogP contribution in [-0.2, 0) is 17.8 Å². The highest BCUT2D eigenvalue weighted by Gasteiger charge is 2.29. The van der Waals surface area contributed by atoms with Crippen molar-refractivity contribution in [2.45, 2.75) is 26.3 Å². The number of hydrogen-bond acceptors (Lipinski definition) is 3. The molecule has 1 saturated heterocycles. The van der Waals surface area contributed by atoms with Crippen LogP contribution < -0.4 is 10.6 Å². The molecule has 1 aliphatic rings. The topological polar surface area (TPSA) is 56.7 Å². The molecule has 5 nitrogen and oxygen atoms in total. The Bertz CT molecular complexity index is 730. The van der Waals surface area contributed by atoms with Crippen LogP contribution in [0.3, 0.4) is 0 Å². The van der Waals surface area contributed by atoms with Crippen LogP contribution in [0.15, 0.2) is 52.2 Å². The van der Waals surface area contributed by atoms with Crippen LogP contribution in [0.1, 0.15) is 24.5 Å². The van der Waals surface area contributed by atoms with Crippen molar-refractivity contribution in [2.75, 3.05) is 26.2 Å². The monoisotopic (exact) mass is 384 g/mol. The lowest BCUT2D eigenvalue weighted by molar-refractivity contribution is -0.127. The molecular formula is C21H28N4OS. The summed E-state index contributed by atoms with van der Waals surface area (Å²) in [6.07, 6.45) is 1.53. The lowest BCUT2D eigenvalue weighted by atomic mass is 10.1. The molecule has 1 amide bonds. The third kappa shape index (κ3) is 6.10. The van der Waals surface area contributed by atoms with Crippen LogP contribution in [0.25, 0.3) is 0 Å². The number of likely N-dealkylation sites (tertiary alicyclic amines) is 1. The van der Waals surface area contributed by atoms with Crippen LogP contribution in [0, 0.1) is 5.92 Å². The molecule has 1 atom stereocenters. The van der Waals surface area contributed by atoms with Gasteiger partial charge in [-0.05, 0) is 41.3 Å². The third-order valence-electron chi connectivity index (χ3n) is 4.71. The van der Waals surface area contributed by atoms with Crippen molar-refractivity contribution in [3.8, 4) is 0 Å². The SMILES string of the molecule is CCNC(=NCc1ccsc1)NCC1CC(=O)N(CCc2ccccc2)C1. The minimum absolute atomic E-state index is 0.262. The van der Waals surface area contributed by atoms with Gasteiger partial charge in [-0.25, -0.2) is 4.99 Å². The summed E-state index contributed by atoms with van der Waals surface area (Å²) in [6.45, 7) is 5.94.